The van der Waals surface area contributed by atoms with Gasteiger partial charge in [0.25, 0.3) is 11.6 Å². The lowest BCUT2D eigenvalue weighted by Gasteiger charge is -2.39. The van der Waals surface area contributed by atoms with Gasteiger partial charge in [-0.1, -0.05) is 39.0 Å². The zero-order valence-corrected chi connectivity index (χ0v) is 19.6. The van der Waals surface area contributed by atoms with Gasteiger partial charge in [0.15, 0.2) is 5.78 Å². The van der Waals surface area contributed by atoms with Gasteiger partial charge >= 0.3 is 0 Å². The van der Waals surface area contributed by atoms with Gasteiger partial charge in [-0.15, -0.1) is 11.8 Å². The standard InChI is InChI=1S/C25H28N2O4S/c1-24(2)16-11-12-25(24,3)21(14-16)26-23(29)18-8-6-5-7-17(18)22(28)15-9-10-20(32-4)19(13-15)27(30)31/h5-10,13,16,21H,11-12,14H2,1-4H3,(H,26,29)/t16-,21-,25+/m0/s1. The van der Waals surface area contributed by atoms with E-state index in [0.717, 1.165) is 12.8 Å². The monoisotopic (exact) mass is 452 g/mol. The summed E-state index contributed by atoms with van der Waals surface area (Å²) in [5, 5.41) is 14.6. The summed E-state index contributed by atoms with van der Waals surface area (Å²) in [5.41, 5.74) is 0.839. The minimum atomic E-state index is -0.487. The minimum Gasteiger partial charge on any atom is -0.349 e. The molecule has 0 saturated heterocycles. The summed E-state index contributed by atoms with van der Waals surface area (Å²) in [5.74, 6) is -0.0741. The van der Waals surface area contributed by atoms with Crippen molar-refractivity contribution in [3.8, 4) is 0 Å². The molecule has 6 nitrogen and oxygen atoms in total. The molecule has 2 bridgehead atoms. The molecule has 0 aromatic heterocycles. The molecule has 168 valence electrons. The summed E-state index contributed by atoms with van der Waals surface area (Å²) in [4.78, 5) is 38.0. The lowest BCUT2D eigenvalue weighted by atomic mass is 9.69. The van der Waals surface area contributed by atoms with Gasteiger partial charge in [0, 0.05) is 23.2 Å². The minimum absolute atomic E-state index is 0.0283. The summed E-state index contributed by atoms with van der Waals surface area (Å²) in [7, 11) is 0. The molecule has 0 heterocycles. The number of ketones is 1. The first-order valence-corrected chi connectivity index (χ1v) is 12.1. The summed E-state index contributed by atoms with van der Waals surface area (Å²) >= 11 is 1.25. The number of carbonyl (C=O) groups excluding carboxylic acids is 2. The van der Waals surface area contributed by atoms with Crippen LogP contribution in [-0.4, -0.2) is 28.9 Å². The number of nitro groups is 1. The Morgan fingerprint density at radius 1 is 1.12 bits per heavy atom. The molecular formula is C25H28N2O4S. The van der Waals surface area contributed by atoms with E-state index in [4.69, 9.17) is 0 Å². The second-order valence-corrected chi connectivity index (χ2v) is 10.5. The smallest absolute Gasteiger partial charge is 0.283 e. The van der Waals surface area contributed by atoms with Gasteiger partial charge < -0.3 is 5.32 Å². The molecule has 0 radical (unpaired) electrons. The highest BCUT2D eigenvalue weighted by Gasteiger charge is 2.61. The van der Waals surface area contributed by atoms with Gasteiger partial charge in [-0.05, 0) is 60.5 Å². The van der Waals surface area contributed by atoms with Crippen molar-refractivity contribution in [1.29, 1.82) is 0 Å². The van der Waals surface area contributed by atoms with Crippen molar-refractivity contribution < 1.29 is 14.5 Å². The van der Waals surface area contributed by atoms with Crippen LogP contribution in [0.1, 0.15) is 66.3 Å². The average Bonchev–Trinajstić information content (AvgIpc) is 3.11. The quantitative estimate of drug-likeness (QED) is 0.271. The van der Waals surface area contributed by atoms with Crippen molar-refractivity contribution in [2.24, 2.45) is 16.7 Å². The molecule has 2 aliphatic rings. The molecule has 7 heteroatoms. The Balaban J connectivity index is 1.63. The Kier molecular flexibility index (Phi) is 5.65. The van der Waals surface area contributed by atoms with Crippen LogP contribution in [0, 0.1) is 26.9 Å². The maximum absolute atomic E-state index is 13.3. The highest BCUT2D eigenvalue weighted by Crippen LogP contribution is 2.65. The molecule has 0 spiro atoms. The van der Waals surface area contributed by atoms with Crippen LogP contribution in [0.15, 0.2) is 47.4 Å². The van der Waals surface area contributed by atoms with Gasteiger partial charge in [-0.25, -0.2) is 0 Å². The van der Waals surface area contributed by atoms with Crippen molar-refractivity contribution in [3.05, 3.63) is 69.3 Å². The number of hydrogen-bond donors (Lipinski definition) is 1. The van der Waals surface area contributed by atoms with Crippen molar-refractivity contribution >= 4 is 29.1 Å². The van der Waals surface area contributed by atoms with Gasteiger partial charge in [-0.3, -0.25) is 19.7 Å². The van der Waals surface area contributed by atoms with E-state index in [1.54, 1.807) is 42.7 Å². The molecule has 2 saturated carbocycles. The average molecular weight is 453 g/mol. The molecule has 2 aliphatic carbocycles. The van der Waals surface area contributed by atoms with E-state index < -0.39 is 10.7 Å². The topological polar surface area (TPSA) is 89.3 Å². The maximum atomic E-state index is 13.3. The number of thioether (sulfide) groups is 1. The third-order valence-electron chi connectivity index (χ3n) is 8.15. The van der Waals surface area contributed by atoms with E-state index in [9.17, 15) is 19.7 Å². The van der Waals surface area contributed by atoms with Crippen LogP contribution in [-0.2, 0) is 0 Å². The van der Waals surface area contributed by atoms with Gasteiger partial charge in [0.1, 0.15) is 0 Å². The molecule has 2 fully saturated rings. The summed E-state index contributed by atoms with van der Waals surface area (Å²) in [6, 6.07) is 11.2. The van der Waals surface area contributed by atoms with Crippen LogP contribution in [0.5, 0.6) is 0 Å². The van der Waals surface area contributed by atoms with Crippen LogP contribution in [0.25, 0.3) is 0 Å². The molecule has 1 amide bonds. The molecule has 1 N–H and O–H groups in total. The number of rotatable bonds is 6. The second-order valence-electron chi connectivity index (χ2n) is 9.65. The largest absolute Gasteiger partial charge is 0.349 e. The molecular weight excluding hydrogens is 424 g/mol. The molecule has 0 aliphatic heterocycles. The SMILES string of the molecule is CSc1ccc(C(=O)c2ccccc2C(=O)N[C@H]2C[C@@H]3CC[C@@]2(C)C3(C)C)cc1[N+](=O)[O-]. The first-order chi connectivity index (χ1) is 15.1. The summed E-state index contributed by atoms with van der Waals surface area (Å²) in [6.45, 7) is 6.84. The van der Waals surface area contributed by atoms with E-state index in [0.29, 0.717) is 16.4 Å². The lowest BCUT2D eigenvalue weighted by molar-refractivity contribution is -0.387. The van der Waals surface area contributed by atoms with Crippen LogP contribution < -0.4 is 5.32 Å². The summed E-state index contributed by atoms with van der Waals surface area (Å²) < 4.78 is 0. The summed E-state index contributed by atoms with van der Waals surface area (Å²) in [6.07, 6.45) is 4.98. The number of nitrogens with one attached hydrogen (secondary N) is 1. The number of benzene rings is 2. The van der Waals surface area contributed by atoms with E-state index in [1.165, 1.54) is 24.2 Å². The Morgan fingerprint density at radius 3 is 2.38 bits per heavy atom. The Hall–Kier alpha value is -2.67. The first kappa shape index (κ1) is 22.5. The van der Waals surface area contributed by atoms with E-state index in [2.05, 4.69) is 26.1 Å². The number of nitro benzene ring substituents is 1. The van der Waals surface area contributed by atoms with Gasteiger partial charge in [0.2, 0.25) is 0 Å². The van der Waals surface area contributed by atoms with Crippen LogP contribution in [0.4, 0.5) is 5.69 Å². The number of carbonyl (C=O) groups is 2. The van der Waals surface area contributed by atoms with Crippen molar-refractivity contribution in [2.75, 3.05) is 6.26 Å². The predicted octanol–water partition coefficient (Wildman–Crippen LogP) is 5.49. The Bertz CT molecular complexity index is 1110. The fraction of sp³-hybridized carbons (Fsp3) is 0.440. The molecule has 32 heavy (non-hydrogen) atoms. The number of hydrogen-bond acceptors (Lipinski definition) is 5. The molecule has 0 unspecified atom stereocenters. The Morgan fingerprint density at radius 2 is 1.81 bits per heavy atom. The fourth-order valence-corrected chi connectivity index (χ4v) is 6.21. The number of amides is 1. The first-order valence-electron chi connectivity index (χ1n) is 10.9. The van der Waals surface area contributed by atoms with Crippen molar-refractivity contribution in [2.45, 2.75) is 51.0 Å². The van der Waals surface area contributed by atoms with Crippen LogP contribution >= 0.6 is 11.8 Å². The third kappa shape index (κ3) is 3.43. The number of nitrogens with zero attached hydrogens (tertiary/aromatic N) is 1. The molecule has 4 rings (SSSR count). The zero-order valence-electron chi connectivity index (χ0n) is 18.8. The second kappa shape index (κ2) is 8.03. The zero-order chi connectivity index (χ0) is 23.3. The van der Waals surface area contributed by atoms with Crippen molar-refractivity contribution in [3.63, 3.8) is 0 Å². The normalized spacial score (nSPS) is 25.5. The maximum Gasteiger partial charge on any atom is 0.283 e. The predicted molar refractivity (Wildman–Crippen MR) is 125 cm³/mol. The molecule has 3 atom stereocenters. The van der Waals surface area contributed by atoms with Gasteiger partial charge in [-0.2, -0.15) is 0 Å². The lowest BCUT2D eigenvalue weighted by Crippen LogP contribution is -2.47. The fourth-order valence-electron chi connectivity index (χ4n) is 5.67. The highest BCUT2D eigenvalue weighted by atomic mass is 32.2. The Labute approximate surface area is 192 Å². The van der Waals surface area contributed by atoms with Crippen molar-refractivity contribution in [1.82, 2.24) is 5.32 Å². The van der Waals surface area contributed by atoms with Crippen LogP contribution in [0.2, 0.25) is 0 Å². The molecule has 2 aromatic rings. The van der Waals surface area contributed by atoms with Crippen LogP contribution in [0.3, 0.4) is 0 Å². The molecule has 2 aromatic carbocycles. The van der Waals surface area contributed by atoms with Gasteiger partial charge in [0.05, 0.1) is 15.4 Å². The highest BCUT2D eigenvalue weighted by molar-refractivity contribution is 7.98. The number of fused-ring (bicyclic) bond motifs is 2. The third-order valence-corrected chi connectivity index (χ3v) is 8.94. The van der Waals surface area contributed by atoms with E-state index in [-0.39, 0.29) is 39.6 Å². The van der Waals surface area contributed by atoms with E-state index >= 15 is 0 Å². The van der Waals surface area contributed by atoms with E-state index in [1.807, 2.05) is 0 Å².